The lowest BCUT2D eigenvalue weighted by Crippen LogP contribution is -1.95. The molecule has 0 aliphatic heterocycles. The Hall–Kier alpha value is -4.44. The van der Waals surface area contributed by atoms with E-state index in [2.05, 4.69) is 101 Å². The zero-order valence-electron chi connectivity index (χ0n) is 17.2. The van der Waals surface area contributed by atoms with Gasteiger partial charge in [0, 0.05) is 27.9 Å². The Morgan fingerprint density at radius 3 is 2.00 bits per heavy atom. The Balaban J connectivity index is 1.39. The molecule has 0 aliphatic rings. The van der Waals surface area contributed by atoms with Gasteiger partial charge in [-0.25, -0.2) is 4.52 Å². The SMILES string of the molecule is c1ccc2cn3ncc(-c4ccc(-n5c6ccccc6c6ccccc65)cn4)c3cc2c1. The summed E-state index contributed by atoms with van der Waals surface area (Å²) in [4.78, 5) is 4.85. The monoisotopic (exact) mass is 410 g/mol. The quantitative estimate of drug-likeness (QED) is 0.320. The largest absolute Gasteiger partial charge is 0.308 e. The summed E-state index contributed by atoms with van der Waals surface area (Å²) in [6.07, 6.45) is 5.93. The van der Waals surface area contributed by atoms with Crippen molar-refractivity contribution in [2.75, 3.05) is 0 Å². The van der Waals surface area contributed by atoms with Crippen LogP contribution in [0.5, 0.6) is 0 Å². The van der Waals surface area contributed by atoms with Crippen molar-refractivity contribution in [1.82, 2.24) is 19.2 Å². The van der Waals surface area contributed by atoms with E-state index in [0.717, 1.165) is 22.5 Å². The van der Waals surface area contributed by atoms with Gasteiger partial charge < -0.3 is 4.57 Å². The standard InChI is InChI=1S/C28H18N4/c1-2-8-20-18-31-28(15-19(20)7-1)24(17-30-31)25-14-13-21(16-29-25)32-26-11-5-3-9-22(26)23-10-4-6-12-27(23)32/h1-18H. The van der Waals surface area contributed by atoms with Crippen LogP contribution >= 0.6 is 0 Å². The highest BCUT2D eigenvalue weighted by Crippen LogP contribution is 2.32. The zero-order valence-corrected chi connectivity index (χ0v) is 17.2. The minimum atomic E-state index is 0.916. The maximum Gasteiger partial charge on any atom is 0.0762 e. The van der Waals surface area contributed by atoms with E-state index in [1.54, 1.807) is 0 Å². The highest BCUT2D eigenvalue weighted by atomic mass is 15.2. The molecule has 150 valence electrons. The maximum atomic E-state index is 4.85. The second-order valence-corrected chi connectivity index (χ2v) is 8.06. The minimum Gasteiger partial charge on any atom is -0.308 e. The molecule has 32 heavy (non-hydrogen) atoms. The molecule has 4 heterocycles. The van der Waals surface area contributed by atoms with Crippen LogP contribution in [0.25, 0.3) is 55.0 Å². The number of pyridine rings is 2. The molecule has 0 bridgehead atoms. The zero-order chi connectivity index (χ0) is 21.1. The first-order valence-corrected chi connectivity index (χ1v) is 10.7. The first kappa shape index (κ1) is 17.3. The smallest absolute Gasteiger partial charge is 0.0762 e. The van der Waals surface area contributed by atoms with Gasteiger partial charge in [0.15, 0.2) is 0 Å². The van der Waals surface area contributed by atoms with Gasteiger partial charge in [0.2, 0.25) is 0 Å². The van der Waals surface area contributed by atoms with E-state index in [1.165, 1.54) is 32.6 Å². The van der Waals surface area contributed by atoms with Crippen LogP contribution in [0.2, 0.25) is 0 Å². The minimum absolute atomic E-state index is 0.916. The van der Waals surface area contributed by atoms with Crippen molar-refractivity contribution in [2.45, 2.75) is 0 Å². The molecule has 4 heteroatoms. The van der Waals surface area contributed by atoms with Crippen molar-refractivity contribution in [3.8, 4) is 16.9 Å². The van der Waals surface area contributed by atoms with E-state index in [0.29, 0.717) is 0 Å². The van der Waals surface area contributed by atoms with Crippen molar-refractivity contribution in [3.05, 3.63) is 110 Å². The average molecular weight is 410 g/mol. The first-order chi connectivity index (χ1) is 15.9. The van der Waals surface area contributed by atoms with Crippen LogP contribution in [0.15, 0.2) is 110 Å². The molecule has 0 unspecified atom stereocenters. The number of hydrogen-bond donors (Lipinski definition) is 0. The molecule has 0 spiro atoms. The topological polar surface area (TPSA) is 35.1 Å². The molecule has 0 aliphatic carbocycles. The second kappa shape index (κ2) is 6.53. The van der Waals surface area contributed by atoms with E-state index < -0.39 is 0 Å². The number of benzene rings is 3. The summed E-state index contributed by atoms with van der Waals surface area (Å²) in [7, 11) is 0. The predicted octanol–water partition coefficient (Wildman–Crippen LogP) is 6.65. The lowest BCUT2D eigenvalue weighted by Gasteiger charge is -2.08. The molecule has 3 aromatic carbocycles. The molecule has 0 N–H and O–H groups in total. The van der Waals surface area contributed by atoms with Crippen LogP contribution in [-0.4, -0.2) is 19.2 Å². The second-order valence-electron chi connectivity index (χ2n) is 8.06. The number of para-hydroxylation sites is 2. The Morgan fingerprint density at radius 1 is 0.594 bits per heavy atom. The third kappa shape index (κ3) is 2.44. The molecule has 0 saturated heterocycles. The normalized spacial score (nSPS) is 11.8. The summed E-state index contributed by atoms with van der Waals surface area (Å²) in [5.74, 6) is 0. The van der Waals surface area contributed by atoms with Gasteiger partial charge in [0.25, 0.3) is 0 Å². The van der Waals surface area contributed by atoms with Crippen LogP contribution in [0.4, 0.5) is 0 Å². The highest BCUT2D eigenvalue weighted by molar-refractivity contribution is 6.09. The Bertz CT molecular complexity index is 1720. The number of nitrogens with zero attached hydrogens (tertiary/aromatic N) is 4. The van der Waals surface area contributed by atoms with Gasteiger partial charge in [0.05, 0.1) is 40.3 Å². The molecule has 0 fully saturated rings. The van der Waals surface area contributed by atoms with Crippen LogP contribution in [0.3, 0.4) is 0 Å². The van der Waals surface area contributed by atoms with E-state index in [4.69, 9.17) is 4.98 Å². The summed E-state index contributed by atoms with van der Waals surface area (Å²) in [6, 6.07) is 31.8. The fourth-order valence-electron chi connectivity index (χ4n) is 4.73. The molecule has 7 aromatic rings. The van der Waals surface area contributed by atoms with Crippen LogP contribution in [0, 0.1) is 0 Å². The number of aromatic nitrogens is 4. The molecule has 0 atom stereocenters. The van der Waals surface area contributed by atoms with E-state index in [-0.39, 0.29) is 0 Å². The van der Waals surface area contributed by atoms with E-state index in [9.17, 15) is 0 Å². The van der Waals surface area contributed by atoms with Gasteiger partial charge >= 0.3 is 0 Å². The van der Waals surface area contributed by atoms with Gasteiger partial charge in [0.1, 0.15) is 0 Å². The predicted molar refractivity (Wildman–Crippen MR) is 130 cm³/mol. The molecule has 4 nitrogen and oxygen atoms in total. The fraction of sp³-hybridized carbons (Fsp3) is 0. The third-order valence-electron chi connectivity index (χ3n) is 6.25. The summed E-state index contributed by atoms with van der Waals surface area (Å²) in [5.41, 5.74) is 6.43. The molecule has 4 aromatic heterocycles. The molecular formula is C28H18N4. The van der Waals surface area contributed by atoms with Crippen LogP contribution in [0.1, 0.15) is 0 Å². The van der Waals surface area contributed by atoms with E-state index >= 15 is 0 Å². The van der Waals surface area contributed by atoms with Crippen molar-refractivity contribution < 1.29 is 0 Å². The van der Waals surface area contributed by atoms with Gasteiger partial charge in [-0.2, -0.15) is 5.10 Å². The lowest BCUT2D eigenvalue weighted by atomic mass is 10.1. The molecular weight excluding hydrogens is 392 g/mol. The van der Waals surface area contributed by atoms with Crippen molar-refractivity contribution in [1.29, 1.82) is 0 Å². The van der Waals surface area contributed by atoms with Gasteiger partial charge in [-0.05, 0) is 35.7 Å². The third-order valence-corrected chi connectivity index (χ3v) is 6.25. The molecule has 7 rings (SSSR count). The van der Waals surface area contributed by atoms with Crippen molar-refractivity contribution in [3.63, 3.8) is 0 Å². The maximum absolute atomic E-state index is 4.85. The number of hydrogen-bond acceptors (Lipinski definition) is 2. The Morgan fingerprint density at radius 2 is 1.28 bits per heavy atom. The van der Waals surface area contributed by atoms with Crippen molar-refractivity contribution >= 4 is 38.1 Å². The lowest BCUT2D eigenvalue weighted by molar-refractivity contribution is 0.970. The van der Waals surface area contributed by atoms with Crippen LogP contribution in [-0.2, 0) is 0 Å². The van der Waals surface area contributed by atoms with Crippen molar-refractivity contribution in [2.24, 2.45) is 0 Å². The number of rotatable bonds is 2. The van der Waals surface area contributed by atoms with Gasteiger partial charge in [-0.3, -0.25) is 4.98 Å². The van der Waals surface area contributed by atoms with Gasteiger partial charge in [-0.1, -0.05) is 60.7 Å². The number of fused-ring (bicyclic) bond motifs is 5. The summed E-state index contributed by atoms with van der Waals surface area (Å²) in [6.45, 7) is 0. The molecule has 0 amide bonds. The van der Waals surface area contributed by atoms with Gasteiger partial charge in [-0.15, -0.1) is 0 Å². The Kier molecular flexibility index (Phi) is 3.52. The summed E-state index contributed by atoms with van der Waals surface area (Å²) >= 11 is 0. The molecule has 0 radical (unpaired) electrons. The fourth-order valence-corrected chi connectivity index (χ4v) is 4.73. The Labute approximate surface area is 184 Å². The average Bonchev–Trinajstić information content (AvgIpc) is 3.41. The van der Waals surface area contributed by atoms with Crippen LogP contribution < -0.4 is 0 Å². The molecule has 0 saturated carbocycles. The highest BCUT2D eigenvalue weighted by Gasteiger charge is 2.13. The summed E-state index contributed by atoms with van der Waals surface area (Å²) < 4.78 is 4.21. The first-order valence-electron chi connectivity index (χ1n) is 10.7. The van der Waals surface area contributed by atoms with E-state index in [1.807, 2.05) is 23.0 Å². The summed E-state index contributed by atoms with van der Waals surface area (Å²) in [5, 5.41) is 9.44.